The van der Waals surface area contributed by atoms with E-state index in [9.17, 15) is 5.11 Å². The number of fused-ring (bicyclic) bond motifs is 1. The molecular formula is C16H17NO2. The van der Waals surface area contributed by atoms with Gasteiger partial charge < -0.3 is 9.84 Å². The smallest absolute Gasteiger partial charge is 0.225 e. The number of hydrogen-bond donors (Lipinski definition) is 1. The van der Waals surface area contributed by atoms with Crippen molar-refractivity contribution in [3.8, 4) is 11.6 Å². The number of aliphatic hydroxyl groups is 1. The Morgan fingerprint density at radius 2 is 2.05 bits per heavy atom. The molecule has 1 aliphatic rings. The molecule has 2 aromatic rings. The summed E-state index contributed by atoms with van der Waals surface area (Å²) in [6, 6.07) is 9.83. The first-order chi connectivity index (χ1) is 9.24. The SMILES string of the molecule is C[C@H](O)c1cccnc1Oc1ccc2c(c1)CCC2. The number of rotatable bonds is 3. The number of aryl methyl sites for hydroxylation is 2. The molecule has 19 heavy (non-hydrogen) atoms. The van der Waals surface area contributed by atoms with Crippen LogP contribution in [0, 0.1) is 0 Å². The standard InChI is InChI=1S/C16H17NO2/c1-11(18)15-6-3-9-17-16(15)19-14-8-7-12-4-2-5-13(12)10-14/h3,6-11,18H,2,4-5H2,1H3/t11-/m0/s1. The Morgan fingerprint density at radius 1 is 1.21 bits per heavy atom. The monoisotopic (exact) mass is 255 g/mol. The Labute approximate surface area is 112 Å². The van der Waals surface area contributed by atoms with Crippen molar-refractivity contribution in [2.24, 2.45) is 0 Å². The molecule has 0 bridgehead atoms. The molecule has 1 N–H and O–H groups in total. The second kappa shape index (κ2) is 5.02. The average Bonchev–Trinajstić information content (AvgIpc) is 2.86. The minimum absolute atomic E-state index is 0.482. The van der Waals surface area contributed by atoms with Gasteiger partial charge in [0.25, 0.3) is 0 Å². The average molecular weight is 255 g/mol. The zero-order valence-corrected chi connectivity index (χ0v) is 11.0. The molecule has 1 aromatic heterocycles. The van der Waals surface area contributed by atoms with E-state index in [2.05, 4.69) is 17.1 Å². The van der Waals surface area contributed by atoms with Crippen molar-refractivity contribution in [2.75, 3.05) is 0 Å². The van der Waals surface area contributed by atoms with Gasteiger partial charge >= 0.3 is 0 Å². The number of aliphatic hydroxyl groups excluding tert-OH is 1. The molecule has 0 aliphatic heterocycles. The van der Waals surface area contributed by atoms with Crippen molar-refractivity contribution in [3.05, 3.63) is 53.2 Å². The topological polar surface area (TPSA) is 42.4 Å². The first kappa shape index (κ1) is 12.2. The predicted molar refractivity (Wildman–Crippen MR) is 73.4 cm³/mol. The van der Waals surface area contributed by atoms with Crippen molar-refractivity contribution in [1.29, 1.82) is 0 Å². The Hall–Kier alpha value is -1.87. The van der Waals surface area contributed by atoms with Crippen LogP contribution < -0.4 is 4.74 Å². The second-order valence-corrected chi connectivity index (χ2v) is 4.96. The van der Waals surface area contributed by atoms with Crippen molar-refractivity contribution in [2.45, 2.75) is 32.3 Å². The molecule has 3 nitrogen and oxygen atoms in total. The summed E-state index contributed by atoms with van der Waals surface area (Å²) >= 11 is 0. The first-order valence-electron chi connectivity index (χ1n) is 6.66. The summed E-state index contributed by atoms with van der Waals surface area (Å²) in [4.78, 5) is 4.21. The van der Waals surface area contributed by atoms with Crippen LogP contribution in [0.3, 0.4) is 0 Å². The van der Waals surface area contributed by atoms with E-state index in [0.717, 1.165) is 18.6 Å². The van der Waals surface area contributed by atoms with Gasteiger partial charge in [0.2, 0.25) is 5.88 Å². The molecule has 0 saturated heterocycles. The van der Waals surface area contributed by atoms with Gasteiger partial charge in [-0.15, -0.1) is 0 Å². The molecule has 1 heterocycles. The van der Waals surface area contributed by atoms with Crippen LogP contribution in [-0.2, 0) is 12.8 Å². The van der Waals surface area contributed by atoms with Gasteiger partial charge in [-0.2, -0.15) is 0 Å². The number of aromatic nitrogens is 1. The largest absolute Gasteiger partial charge is 0.439 e. The number of pyridine rings is 1. The highest BCUT2D eigenvalue weighted by molar-refractivity contribution is 5.41. The van der Waals surface area contributed by atoms with E-state index < -0.39 is 6.10 Å². The van der Waals surface area contributed by atoms with Crippen molar-refractivity contribution < 1.29 is 9.84 Å². The van der Waals surface area contributed by atoms with Crippen LogP contribution in [0.5, 0.6) is 11.6 Å². The zero-order valence-electron chi connectivity index (χ0n) is 11.0. The summed E-state index contributed by atoms with van der Waals surface area (Å²) in [6.07, 6.45) is 4.60. The van der Waals surface area contributed by atoms with Crippen molar-refractivity contribution in [3.63, 3.8) is 0 Å². The summed E-state index contributed by atoms with van der Waals surface area (Å²) in [7, 11) is 0. The molecule has 1 aromatic carbocycles. The van der Waals surface area contributed by atoms with E-state index >= 15 is 0 Å². The van der Waals surface area contributed by atoms with Crippen LogP contribution in [0.25, 0.3) is 0 Å². The van der Waals surface area contributed by atoms with Gasteiger partial charge in [-0.25, -0.2) is 4.98 Å². The summed E-state index contributed by atoms with van der Waals surface area (Å²) in [6.45, 7) is 1.71. The third kappa shape index (κ3) is 2.47. The molecule has 0 saturated carbocycles. The fraction of sp³-hybridized carbons (Fsp3) is 0.312. The van der Waals surface area contributed by atoms with Gasteiger partial charge in [0.1, 0.15) is 5.75 Å². The fourth-order valence-corrected chi connectivity index (χ4v) is 2.53. The molecule has 0 unspecified atom stereocenters. The maximum Gasteiger partial charge on any atom is 0.225 e. The molecule has 0 fully saturated rings. The van der Waals surface area contributed by atoms with Crippen LogP contribution in [0.15, 0.2) is 36.5 Å². The maximum absolute atomic E-state index is 9.72. The minimum atomic E-state index is -0.585. The zero-order chi connectivity index (χ0) is 13.2. The molecule has 3 heteroatoms. The third-order valence-electron chi connectivity index (χ3n) is 3.54. The Balaban J connectivity index is 1.89. The fourth-order valence-electron chi connectivity index (χ4n) is 2.53. The lowest BCUT2D eigenvalue weighted by Gasteiger charge is -2.12. The van der Waals surface area contributed by atoms with Crippen molar-refractivity contribution >= 4 is 0 Å². The highest BCUT2D eigenvalue weighted by atomic mass is 16.5. The van der Waals surface area contributed by atoms with Gasteiger partial charge in [-0.1, -0.05) is 6.07 Å². The maximum atomic E-state index is 9.72. The van der Waals surface area contributed by atoms with E-state index in [4.69, 9.17) is 4.74 Å². The van der Waals surface area contributed by atoms with E-state index in [1.54, 1.807) is 19.2 Å². The van der Waals surface area contributed by atoms with E-state index in [1.165, 1.54) is 17.5 Å². The van der Waals surface area contributed by atoms with Crippen LogP contribution >= 0.6 is 0 Å². The quantitative estimate of drug-likeness (QED) is 0.913. The van der Waals surface area contributed by atoms with E-state index in [1.807, 2.05) is 12.1 Å². The molecular weight excluding hydrogens is 238 g/mol. The molecule has 1 atom stereocenters. The lowest BCUT2D eigenvalue weighted by atomic mass is 10.1. The normalized spacial score (nSPS) is 15.1. The number of hydrogen-bond acceptors (Lipinski definition) is 3. The molecule has 0 amide bonds. The van der Waals surface area contributed by atoms with Crippen LogP contribution in [-0.4, -0.2) is 10.1 Å². The van der Waals surface area contributed by atoms with Gasteiger partial charge in [-0.3, -0.25) is 0 Å². The second-order valence-electron chi connectivity index (χ2n) is 4.96. The first-order valence-corrected chi connectivity index (χ1v) is 6.66. The van der Waals surface area contributed by atoms with Crippen LogP contribution in [0.2, 0.25) is 0 Å². The Kier molecular flexibility index (Phi) is 3.22. The molecule has 98 valence electrons. The van der Waals surface area contributed by atoms with Gasteiger partial charge in [0.15, 0.2) is 0 Å². The van der Waals surface area contributed by atoms with Gasteiger partial charge in [0, 0.05) is 11.8 Å². The summed E-state index contributed by atoms with van der Waals surface area (Å²) in [5.41, 5.74) is 3.50. The third-order valence-corrected chi connectivity index (χ3v) is 3.54. The van der Waals surface area contributed by atoms with Crippen LogP contribution in [0.1, 0.15) is 36.1 Å². The number of nitrogens with zero attached hydrogens (tertiary/aromatic N) is 1. The minimum Gasteiger partial charge on any atom is -0.439 e. The molecule has 0 radical (unpaired) electrons. The summed E-state index contributed by atoms with van der Waals surface area (Å²) in [5, 5.41) is 9.72. The van der Waals surface area contributed by atoms with Gasteiger partial charge in [-0.05, 0) is 61.6 Å². The Bertz CT molecular complexity index is 593. The Morgan fingerprint density at radius 3 is 2.89 bits per heavy atom. The number of ether oxygens (including phenoxy) is 1. The van der Waals surface area contributed by atoms with E-state index in [-0.39, 0.29) is 0 Å². The molecule has 3 rings (SSSR count). The lowest BCUT2D eigenvalue weighted by molar-refractivity contribution is 0.194. The highest BCUT2D eigenvalue weighted by Gasteiger charge is 2.14. The highest BCUT2D eigenvalue weighted by Crippen LogP contribution is 2.31. The van der Waals surface area contributed by atoms with Crippen LogP contribution in [0.4, 0.5) is 0 Å². The van der Waals surface area contributed by atoms with Crippen molar-refractivity contribution in [1.82, 2.24) is 4.98 Å². The molecule has 0 spiro atoms. The lowest BCUT2D eigenvalue weighted by Crippen LogP contribution is -1.98. The predicted octanol–water partition coefficient (Wildman–Crippen LogP) is 3.42. The number of benzene rings is 1. The summed E-state index contributed by atoms with van der Waals surface area (Å²) in [5.74, 6) is 1.27. The summed E-state index contributed by atoms with van der Waals surface area (Å²) < 4.78 is 5.82. The van der Waals surface area contributed by atoms with E-state index in [0.29, 0.717) is 11.4 Å². The van der Waals surface area contributed by atoms with Gasteiger partial charge in [0.05, 0.1) is 6.10 Å². The molecule has 1 aliphatic carbocycles.